The fourth-order valence-electron chi connectivity index (χ4n) is 2.85. The lowest BCUT2D eigenvalue weighted by atomic mass is 9.79. The zero-order valence-electron chi connectivity index (χ0n) is 10.9. The van der Waals surface area contributed by atoms with E-state index in [4.69, 9.17) is 0 Å². The Morgan fingerprint density at radius 1 is 1.35 bits per heavy atom. The van der Waals surface area contributed by atoms with Crippen LogP contribution in [0, 0.1) is 18.8 Å². The first-order valence-electron chi connectivity index (χ1n) is 6.33. The fraction of sp³-hybridized carbons (Fsp3) is 0.533. The van der Waals surface area contributed by atoms with Gasteiger partial charge in [-0.25, -0.2) is 0 Å². The van der Waals surface area contributed by atoms with E-state index in [0.717, 1.165) is 24.0 Å². The molecule has 0 aliphatic heterocycles. The predicted octanol–water partition coefficient (Wildman–Crippen LogP) is 3.42. The van der Waals surface area contributed by atoms with Crippen LogP contribution in [0.5, 0.6) is 0 Å². The summed E-state index contributed by atoms with van der Waals surface area (Å²) in [7, 11) is 0. The van der Waals surface area contributed by atoms with E-state index in [9.17, 15) is 5.11 Å². The molecule has 0 saturated heterocycles. The van der Waals surface area contributed by atoms with Crippen molar-refractivity contribution in [2.45, 2.75) is 39.7 Å². The summed E-state index contributed by atoms with van der Waals surface area (Å²) >= 11 is 0. The average Bonchev–Trinajstić information content (AvgIpc) is 2.26. The molecule has 0 amide bonds. The molecule has 1 aromatic rings. The standard InChI is InChI=1S/C15H21NO/c1-10-4-11(2)6-13(5-10)15(17)14-7-12(3)8-16-9-14/h4,7-10,13,15,17H,5-6H2,1-3H3. The van der Waals surface area contributed by atoms with Gasteiger partial charge < -0.3 is 5.11 Å². The fourth-order valence-corrected chi connectivity index (χ4v) is 2.85. The number of pyridine rings is 1. The molecule has 2 nitrogen and oxygen atoms in total. The molecule has 1 aliphatic rings. The molecule has 0 aromatic carbocycles. The normalized spacial score (nSPS) is 26.5. The van der Waals surface area contributed by atoms with Gasteiger partial charge in [0.05, 0.1) is 6.10 Å². The summed E-state index contributed by atoms with van der Waals surface area (Å²) in [6, 6.07) is 2.04. The number of aryl methyl sites for hydroxylation is 1. The summed E-state index contributed by atoms with van der Waals surface area (Å²) < 4.78 is 0. The Bertz CT molecular complexity index is 425. The summed E-state index contributed by atoms with van der Waals surface area (Å²) in [5.74, 6) is 0.903. The number of nitrogens with zero attached hydrogens (tertiary/aromatic N) is 1. The summed E-state index contributed by atoms with van der Waals surface area (Å²) in [5.41, 5.74) is 3.46. The van der Waals surface area contributed by atoms with Crippen LogP contribution >= 0.6 is 0 Å². The van der Waals surface area contributed by atoms with Crippen molar-refractivity contribution in [1.29, 1.82) is 0 Å². The minimum absolute atomic E-state index is 0.332. The molecule has 1 N–H and O–H groups in total. The van der Waals surface area contributed by atoms with Gasteiger partial charge >= 0.3 is 0 Å². The number of rotatable bonds is 2. The van der Waals surface area contributed by atoms with Crippen LogP contribution in [0.3, 0.4) is 0 Å². The van der Waals surface area contributed by atoms with E-state index in [2.05, 4.69) is 24.9 Å². The number of aromatic nitrogens is 1. The van der Waals surface area contributed by atoms with Crippen molar-refractivity contribution in [3.8, 4) is 0 Å². The van der Waals surface area contributed by atoms with Crippen molar-refractivity contribution in [3.05, 3.63) is 41.2 Å². The Labute approximate surface area is 103 Å². The lowest BCUT2D eigenvalue weighted by Crippen LogP contribution is -2.19. The van der Waals surface area contributed by atoms with Gasteiger partial charge in [0.25, 0.3) is 0 Å². The zero-order valence-corrected chi connectivity index (χ0v) is 10.9. The molecule has 3 unspecified atom stereocenters. The van der Waals surface area contributed by atoms with Gasteiger partial charge in [-0.2, -0.15) is 0 Å². The third-order valence-corrected chi connectivity index (χ3v) is 3.51. The number of aliphatic hydroxyl groups excluding tert-OH is 1. The van der Waals surface area contributed by atoms with E-state index in [0.29, 0.717) is 11.8 Å². The van der Waals surface area contributed by atoms with E-state index in [1.165, 1.54) is 5.57 Å². The van der Waals surface area contributed by atoms with Crippen LogP contribution in [0.15, 0.2) is 30.1 Å². The van der Waals surface area contributed by atoms with E-state index in [-0.39, 0.29) is 6.10 Å². The Morgan fingerprint density at radius 2 is 2.12 bits per heavy atom. The van der Waals surface area contributed by atoms with Gasteiger partial charge in [0.15, 0.2) is 0 Å². The lowest BCUT2D eigenvalue weighted by molar-refractivity contribution is 0.0929. The van der Waals surface area contributed by atoms with Gasteiger partial charge in [-0.3, -0.25) is 4.98 Å². The van der Waals surface area contributed by atoms with Crippen molar-refractivity contribution in [1.82, 2.24) is 4.98 Å². The van der Waals surface area contributed by atoms with Gasteiger partial charge in [0.1, 0.15) is 0 Å². The molecular formula is C15H21NO. The highest BCUT2D eigenvalue weighted by Gasteiger charge is 2.26. The molecule has 17 heavy (non-hydrogen) atoms. The first-order valence-corrected chi connectivity index (χ1v) is 6.33. The van der Waals surface area contributed by atoms with E-state index >= 15 is 0 Å². The van der Waals surface area contributed by atoms with Crippen molar-refractivity contribution < 1.29 is 5.11 Å². The second kappa shape index (κ2) is 5.01. The molecule has 2 heteroatoms. The predicted molar refractivity (Wildman–Crippen MR) is 69.6 cm³/mol. The SMILES string of the molecule is CC1=CC(C)CC(C(O)c2cncc(C)c2)C1. The second-order valence-corrected chi connectivity index (χ2v) is 5.43. The molecule has 0 radical (unpaired) electrons. The van der Waals surface area contributed by atoms with Crippen LogP contribution in [0.25, 0.3) is 0 Å². The lowest BCUT2D eigenvalue weighted by Gasteiger charge is -2.29. The minimum atomic E-state index is -0.381. The number of aliphatic hydroxyl groups is 1. The van der Waals surface area contributed by atoms with Gasteiger partial charge in [-0.1, -0.05) is 24.6 Å². The highest BCUT2D eigenvalue weighted by Crippen LogP contribution is 2.36. The van der Waals surface area contributed by atoms with E-state index in [1.807, 2.05) is 19.2 Å². The molecule has 1 heterocycles. The maximum absolute atomic E-state index is 10.4. The first-order chi connectivity index (χ1) is 8.06. The van der Waals surface area contributed by atoms with Gasteiger partial charge in [0, 0.05) is 12.4 Å². The van der Waals surface area contributed by atoms with Crippen molar-refractivity contribution >= 4 is 0 Å². The van der Waals surface area contributed by atoms with Crippen molar-refractivity contribution in [2.24, 2.45) is 11.8 Å². The summed E-state index contributed by atoms with van der Waals surface area (Å²) in [6.07, 6.45) is 7.61. The molecule has 0 fully saturated rings. The molecule has 1 aliphatic carbocycles. The molecule has 3 atom stereocenters. The van der Waals surface area contributed by atoms with Crippen LogP contribution < -0.4 is 0 Å². The maximum atomic E-state index is 10.4. The number of hydrogen-bond acceptors (Lipinski definition) is 2. The molecule has 0 saturated carbocycles. The summed E-state index contributed by atoms with van der Waals surface area (Å²) in [4.78, 5) is 4.16. The second-order valence-electron chi connectivity index (χ2n) is 5.43. The Balaban J connectivity index is 2.15. The molecule has 0 spiro atoms. The third-order valence-electron chi connectivity index (χ3n) is 3.51. The monoisotopic (exact) mass is 231 g/mol. The Hall–Kier alpha value is -1.15. The third kappa shape index (κ3) is 2.95. The summed E-state index contributed by atoms with van der Waals surface area (Å²) in [6.45, 7) is 6.39. The van der Waals surface area contributed by atoms with Gasteiger partial charge in [-0.15, -0.1) is 0 Å². The van der Waals surface area contributed by atoms with E-state index < -0.39 is 0 Å². The first kappa shape index (κ1) is 12.3. The highest BCUT2D eigenvalue weighted by atomic mass is 16.3. The van der Waals surface area contributed by atoms with Crippen molar-refractivity contribution in [2.75, 3.05) is 0 Å². The van der Waals surface area contributed by atoms with Crippen LogP contribution in [0.4, 0.5) is 0 Å². The molecule has 0 bridgehead atoms. The summed E-state index contributed by atoms with van der Waals surface area (Å²) in [5, 5.41) is 10.4. The van der Waals surface area contributed by atoms with Crippen LogP contribution in [-0.2, 0) is 0 Å². The van der Waals surface area contributed by atoms with Crippen molar-refractivity contribution in [3.63, 3.8) is 0 Å². The number of allylic oxidation sites excluding steroid dienone is 2. The largest absolute Gasteiger partial charge is 0.388 e. The maximum Gasteiger partial charge on any atom is 0.0836 e. The van der Waals surface area contributed by atoms with Crippen LogP contribution in [-0.4, -0.2) is 10.1 Å². The quantitative estimate of drug-likeness (QED) is 0.791. The molecule has 1 aromatic heterocycles. The van der Waals surface area contributed by atoms with Crippen LogP contribution in [0.2, 0.25) is 0 Å². The average molecular weight is 231 g/mol. The topological polar surface area (TPSA) is 33.1 Å². The molecule has 2 rings (SSSR count). The van der Waals surface area contributed by atoms with Gasteiger partial charge in [0.2, 0.25) is 0 Å². The number of hydrogen-bond donors (Lipinski definition) is 1. The van der Waals surface area contributed by atoms with Gasteiger partial charge in [-0.05, 0) is 49.7 Å². The Kier molecular flexibility index (Phi) is 3.63. The highest BCUT2D eigenvalue weighted by molar-refractivity contribution is 5.21. The molecule has 92 valence electrons. The zero-order chi connectivity index (χ0) is 12.4. The minimum Gasteiger partial charge on any atom is -0.388 e. The molecular weight excluding hydrogens is 210 g/mol. The smallest absolute Gasteiger partial charge is 0.0836 e. The van der Waals surface area contributed by atoms with Crippen LogP contribution in [0.1, 0.15) is 43.9 Å². The Morgan fingerprint density at radius 3 is 2.76 bits per heavy atom. The van der Waals surface area contributed by atoms with E-state index in [1.54, 1.807) is 6.20 Å².